The highest BCUT2D eigenvalue weighted by molar-refractivity contribution is 5.93. The first-order valence-corrected chi connectivity index (χ1v) is 9.18. The summed E-state index contributed by atoms with van der Waals surface area (Å²) in [5.41, 5.74) is 2.68. The highest BCUT2D eigenvalue weighted by atomic mass is 16.5. The molecule has 0 saturated carbocycles. The summed E-state index contributed by atoms with van der Waals surface area (Å²) in [7, 11) is 0. The second kappa shape index (κ2) is 7.30. The van der Waals surface area contributed by atoms with E-state index in [0.29, 0.717) is 19.6 Å². The van der Waals surface area contributed by atoms with Crippen LogP contribution in [0.4, 0.5) is 4.79 Å². The highest BCUT2D eigenvalue weighted by Crippen LogP contribution is 2.30. The first-order chi connectivity index (χ1) is 13.1. The minimum absolute atomic E-state index is 0.0542. The molecule has 4 bridgehead atoms. The van der Waals surface area contributed by atoms with Crippen LogP contribution in [0.25, 0.3) is 22.2 Å². The van der Waals surface area contributed by atoms with Crippen LogP contribution in [0, 0.1) is 5.92 Å². The van der Waals surface area contributed by atoms with E-state index in [0.717, 1.165) is 27.9 Å². The maximum Gasteiger partial charge on any atom is 0.407 e. The van der Waals surface area contributed by atoms with Crippen LogP contribution in [0.2, 0.25) is 0 Å². The third kappa shape index (κ3) is 3.60. The molecule has 2 aromatic heterocycles. The first-order valence-electron chi connectivity index (χ1n) is 9.18. The van der Waals surface area contributed by atoms with Crippen molar-refractivity contribution < 1.29 is 14.3 Å². The summed E-state index contributed by atoms with van der Waals surface area (Å²) in [6, 6.07) is 5.80. The molecule has 8 nitrogen and oxygen atoms in total. The van der Waals surface area contributed by atoms with Crippen LogP contribution < -0.4 is 10.1 Å². The quantitative estimate of drug-likeness (QED) is 0.687. The average molecular weight is 369 g/mol. The summed E-state index contributed by atoms with van der Waals surface area (Å²) in [5.74, 6) is 1.02. The van der Waals surface area contributed by atoms with Gasteiger partial charge in [-0.2, -0.15) is 10.2 Å². The number of benzene rings is 1. The molecule has 142 valence electrons. The monoisotopic (exact) mass is 369 g/mol. The molecule has 1 aliphatic rings. The predicted molar refractivity (Wildman–Crippen MR) is 101 cm³/mol. The van der Waals surface area contributed by atoms with Gasteiger partial charge in [-0.3, -0.25) is 9.78 Å². The Morgan fingerprint density at radius 3 is 3.04 bits per heavy atom. The number of carbonyl (C=O) groups is 1. The lowest BCUT2D eigenvalue weighted by Gasteiger charge is -2.21. The number of alkyl carbamates (subject to hydrolysis) is 1. The fraction of sp³-hybridized carbons (Fsp3) is 0.421. The van der Waals surface area contributed by atoms with Gasteiger partial charge in [-0.15, -0.1) is 0 Å². The van der Waals surface area contributed by atoms with Crippen molar-refractivity contribution in [1.82, 2.24) is 25.3 Å². The number of nitrogens with one attached hydrogen (secondary N) is 2. The molecule has 1 unspecified atom stereocenters. The van der Waals surface area contributed by atoms with E-state index in [1.54, 1.807) is 6.20 Å². The Kier molecular flexibility index (Phi) is 4.70. The van der Waals surface area contributed by atoms with E-state index in [-0.39, 0.29) is 18.6 Å². The molecule has 0 spiro atoms. The van der Waals surface area contributed by atoms with Crippen molar-refractivity contribution >= 4 is 17.0 Å². The average Bonchev–Trinajstić information content (AvgIpc) is 3.27. The third-order valence-corrected chi connectivity index (χ3v) is 4.76. The van der Waals surface area contributed by atoms with Crippen LogP contribution in [0.3, 0.4) is 0 Å². The molecule has 8 heteroatoms. The van der Waals surface area contributed by atoms with Crippen LogP contribution >= 0.6 is 0 Å². The van der Waals surface area contributed by atoms with E-state index >= 15 is 0 Å². The second-order valence-corrected chi connectivity index (χ2v) is 7.03. The van der Waals surface area contributed by atoms with E-state index < -0.39 is 6.09 Å². The second-order valence-electron chi connectivity index (χ2n) is 7.03. The van der Waals surface area contributed by atoms with Crippen LogP contribution in [0.15, 0.2) is 30.6 Å². The molecule has 1 aliphatic heterocycles. The van der Waals surface area contributed by atoms with Crippen molar-refractivity contribution in [2.75, 3.05) is 19.8 Å². The molecule has 0 radical (unpaired) electrons. The number of amides is 1. The Hall–Kier alpha value is -3.03. The maximum absolute atomic E-state index is 11.9. The summed E-state index contributed by atoms with van der Waals surface area (Å²) in [6.45, 7) is 5.42. The molecular formula is C19H23N5O3. The number of ether oxygens (including phenoxy) is 2. The topological polar surface area (TPSA) is 94.1 Å². The number of nitrogens with zero attached hydrogens (tertiary/aromatic N) is 3. The number of cyclic esters (lactones) is 1. The maximum atomic E-state index is 11.9. The number of aromatic amines is 1. The molecule has 0 fully saturated rings. The van der Waals surface area contributed by atoms with Gasteiger partial charge in [0.1, 0.15) is 18.1 Å². The van der Waals surface area contributed by atoms with Gasteiger partial charge in [-0.25, -0.2) is 4.79 Å². The lowest BCUT2D eigenvalue weighted by Crippen LogP contribution is -2.30. The van der Waals surface area contributed by atoms with Gasteiger partial charge in [-0.1, -0.05) is 13.8 Å². The van der Waals surface area contributed by atoms with Gasteiger partial charge < -0.3 is 14.8 Å². The minimum atomic E-state index is -0.420. The van der Waals surface area contributed by atoms with E-state index in [1.807, 2.05) is 29.1 Å². The van der Waals surface area contributed by atoms with Gasteiger partial charge in [-0.05, 0) is 30.5 Å². The Balaban J connectivity index is 1.74. The highest BCUT2D eigenvalue weighted by Gasteiger charge is 2.21. The fourth-order valence-electron chi connectivity index (χ4n) is 3.18. The van der Waals surface area contributed by atoms with Crippen molar-refractivity contribution in [3.8, 4) is 17.0 Å². The fourth-order valence-corrected chi connectivity index (χ4v) is 3.18. The van der Waals surface area contributed by atoms with Gasteiger partial charge >= 0.3 is 6.09 Å². The van der Waals surface area contributed by atoms with Crippen LogP contribution in [0.1, 0.15) is 26.3 Å². The van der Waals surface area contributed by atoms with E-state index in [4.69, 9.17) is 9.47 Å². The molecule has 4 rings (SSSR count). The molecule has 3 aromatic rings. The summed E-state index contributed by atoms with van der Waals surface area (Å²) in [4.78, 5) is 11.9. The van der Waals surface area contributed by atoms with Crippen molar-refractivity contribution in [2.24, 2.45) is 5.92 Å². The molecule has 1 aromatic carbocycles. The molecule has 27 heavy (non-hydrogen) atoms. The van der Waals surface area contributed by atoms with Gasteiger partial charge in [0.25, 0.3) is 0 Å². The summed E-state index contributed by atoms with van der Waals surface area (Å²) in [6.07, 6.45) is 4.01. The molecule has 0 aliphatic carbocycles. The number of fused-ring (bicyclic) bond motifs is 4. The van der Waals surface area contributed by atoms with Crippen LogP contribution in [-0.2, 0) is 4.74 Å². The van der Waals surface area contributed by atoms with Crippen molar-refractivity contribution in [3.05, 3.63) is 30.6 Å². The lowest BCUT2D eigenvalue weighted by molar-refractivity contribution is 0.113. The zero-order valence-electron chi connectivity index (χ0n) is 15.4. The van der Waals surface area contributed by atoms with Gasteiger partial charge in [0.15, 0.2) is 0 Å². The normalized spacial score (nSPS) is 18.3. The number of hydrogen-bond acceptors (Lipinski definition) is 5. The molecule has 3 heterocycles. The Morgan fingerprint density at radius 2 is 2.19 bits per heavy atom. The Labute approximate surface area is 156 Å². The van der Waals surface area contributed by atoms with Gasteiger partial charge in [0, 0.05) is 23.7 Å². The number of hydrogen-bond donors (Lipinski definition) is 2. The Morgan fingerprint density at radius 1 is 1.30 bits per heavy atom. The largest absolute Gasteiger partial charge is 0.494 e. The molecular weight excluding hydrogens is 346 g/mol. The van der Waals surface area contributed by atoms with Crippen molar-refractivity contribution in [1.29, 1.82) is 0 Å². The van der Waals surface area contributed by atoms with Crippen LogP contribution in [0.5, 0.6) is 5.75 Å². The number of carbonyl (C=O) groups excluding carboxylic acids is 1. The molecule has 0 saturated heterocycles. The smallest absolute Gasteiger partial charge is 0.407 e. The summed E-state index contributed by atoms with van der Waals surface area (Å²) in [5, 5.41) is 15.8. The zero-order chi connectivity index (χ0) is 18.8. The van der Waals surface area contributed by atoms with E-state index in [1.165, 1.54) is 0 Å². The summed E-state index contributed by atoms with van der Waals surface area (Å²) < 4.78 is 13.0. The number of H-pyrrole nitrogens is 1. The van der Waals surface area contributed by atoms with E-state index in [2.05, 4.69) is 34.5 Å². The molecule has 1 amide bonds. The van der Waals surface area contributed by atoms with Gasteiger partial charge in [0.2, 0.25) is 0 Å². The molecule has 1 atom stereocenters. The van der Waals surface area contributed by atoms with Crippen LogP contribution in [-0.4, -0.2) is 45.8 Å². The van der Waals surface area contributed by atoms with Crippen molar-refractivity contribution in [3.63, 3.8) is 0 Å². The Bertz CT molecular complexity index is 946. The predicted octanol–water partition coefficient (Wildman–Crippen LogP) is 3.13. The standard InChI is InChI=1S/C19H23N5O3/c1-12(2)17-11-27-19(25)20-6-3-7-26-14-4-5-16-15(8-14)18(23-22-16)13-9-21-24(17)10-13/h4-5,8-10,12,17H,3,6-7,11H2,1-2H3,(H,20,25)(H,22,23). The van der Waals surface area contributed by atoms with Crippen molar-refractivity contribution in [2.45, 2.75) is 26.3 Å². The zero-order valence-corrected chi connectivity index (χ0v) is 15.4. The first kappa shape index (κ1) is 17.4. The van der Waals surface area contributed by atoms with E-state index in [9.17, 15) is 4.79 Å². The molecule has 2 N–H and O–H groups in total. The number of aromatic nitrogens is 4. The summed E-state index contributed by atoms with van der Waals surface area (Å²) >= 11 is 0. The van der Waals surface area contributed by atoms with Gasteiger partial charge in [0.05, 0.1) is 24.4 Å². The lowest BCUT2D eigenvalue weighted by atomic mass is 10.1. The third-order valence-electron chi connectivity index (χ3n) is 4.76. The number of rotatable bonds is 1. The minimum Gasteiger partial charge on any atom is -0.494 e. The SMILES string of the molecule is CC(C)C1COC(=O)NCCCOc2ccc3[nH]nc(c3c2)-c2cnn1c2.